The highest BCUT2D eigenvalue weighted by Crippen LogP contribution is 2.25. The van der Waals surface area contributed by atoms with Gasteiger partial charge >= 0.3 is 0 Å². The second-order valence-electron chi connectivity index (χ2n) is 7.54. The van der Waals surface area contributed by atoms with E-state index in [0.717, 1.165) is 37.8 Å². The average Bonchev–Trinajstić information content (AvgIpc) is 3.35. The molecule has 2 aromatic carbocycles. The molecule has 2 fully saturated rings. The second-order valence-corrected chi connectivity index (χ2v) is 9.44. The number of benzene rings is 2. The third-order valence-corrected chi connectivity index (χ3v) is 7.11. The Labute approximate surface area is 174 Å². The number of nitrogens with zero attached hydrogens (tertiary/aromatic N) is 1. The molecule has 0 bridgehead atoms. The minimum Gasteiger partial charge on any atom is -0.349 e. The zero-order valence-electron chi connectivity index (χ0n) is 16.2. The van der Waals surface area contributed by atoms with Crippen LogP contribution in [-0.4, -0.2) is 43.7 Å². The van der Waals surface area contributed by atoms with Crippen molar-refractivity contribution >= 4 is 27.5 Å². The van der Waals surface area contributed by atoms with E-state index in [4.69, 9.17) is 0 Å². The van der Waals surface area contributed by atoms with E-state index in [1.807, 2.05) is 0 Å². The number of hydrogen-bond acceptors (Lipinski definition) is 4. The highest BCUT2D eigenvalue weighted by molar-refractivity contribution is 7.89. The van der Waals surface area contributed by atoms with Crippen molar-refractivity contribution in [1.29, 1.82) is 0 Å². The van der Waals surface area contributed by atoms with Gasteiger partial charge in [-0.15, -0.1) is 0 Å². The van der Waals surface area contributed by atoms with Crippen LogP contribution in [-0.2, 0) is 10.0 Å². The zero-order valence-corrected chi connectivity index (χ0v) is 17.0. The van der Waals surface area contributed by atoms with Crippen molar-refractivity contribution in [2.24, 2.45) is 0 Å². The lowest BCUT2D eigenvalue weighted by Crippen LogP contribution is -2.29. The smallest absolute Gasteiger partial charge is 0.255 e. The van der Waals surface area contributed by atoms with Crippen molar-refractivity contribution < 1.29 is 22.4 Å². The fourth-order valence-corrected chi connectivity index (χ4v) is 4.92. The zero-order chi connectivity index (χ0) is 21.3. The molecule has 2 N–H and O–H groups in total. The summed E-state index contributed by atoms with van der Waals surface area (Å²) < 4.78 is 40.9. The van der Waals surface area contributed by atoms with E-state index >= 15 is 0 Å². The first-order valence-electron chi connectivity index (χ1n) is 9.86. The van der Waals surface area contributed by atoms with Crippen LogP contribution in [0, 0.1) is 5.82 Å². The predicted octanol–water partition coefficient (Wildman–Crippen LogP) is 2.75. The molecule has 9 heteroatoms. The summed E-state index contributed by atoms with van der Waals surface area (Å²) in [5, 5.41) is 5.53. The molecule has 2 aromatic rings. The topological polar surface area (TPSA) is 95.6 Å². The maximum Gasteiger partial charge on any atom is 0.255 e. The van der Waals surface area contributed by atoms with Gasteiger partial charge in [-0.3, -0.25) is 9.59 Å². The highest BCUT2D eigenvalue weighted by Gasteiger charge is 2.30. The van der Waals surface area contributed by atoms with Crippen LogP contribution in [0.25, 0.3) is 0 Å². The van der Waals surface area contributed by atoms with E-state index in [0.29, 0.717) is 24.3 Å². The molecule has 1 heterocycles. The quantitative estimate of drug-likeness (QED) is 0.735. The van der Waals surface area contributed by atoms with E-state index < -0.39 is 26.6 Å². The summed E-state index contributed by atoms with van der Waals surface area (Å²) in [5.74, 6) is -1.61. The van der Waals surface area contributed by atoms with Crippen LogP contribution in [0.4, 0.5) is 10.1 Å². The Hall–Kier alpha value is -2.78. The number of anilines is 1. The molecule has 2 amide bonds. The summed E-state index contributed by atoms with van der Waals surface area (Å²) in [6.45, 7) is 0.692. The SMILES string of the molecule is O=C(Nc1ccc(C(=O)NC2CC2)cc1)c1ccc(F)c(S(=O)(=O)N2CCCC2)c1. The van der Waals surface area contributed by atoms with E-state index in [2.05, 4.69) is 10.6 Å². The standard InChI is InChI=1S/C21H22FN3O4S/c22-18-10-5-15(13-19(18)30(28,29)25-11-1-2-12-25)21(27)24-16-6-3-14(4-7-16)20(26)23-17-8-9-17/h3-7,10,13,17H,1-2,8-9,11-12H2,(H,23,26)(H,24,27). The summed E-state index contributed by atoms with van der Waals surface area (Å²) in [4.78, 5) is 24.1. The summed E-state index contributed by atoms with van der Waals surface area (Å²) in [7, 11) is -3.98. The number of amides is 2. The molecule has 1 aliphatic carbocycles. The predicted molar refractivity (Wildman–Crippen MR) is 109 cm³/mol. The van der Waals surface area contributed by atoms with Gasteiger partial charge in [0.2, 0.25) is 10.0 Å². The Morgan fingerprint density at radius 1 is 0.933 bits per heavy atom. The Bertz CT molecular complexity index is 1080. The Morgan fingerprint density at radius 3 is 2.20 bits per heavy atom. The molecule has 1 saturated heterocycles. The number of rotatable bonds is 6. The first-order valence-corrected chi connectivity index (χ1v) is 11.3. The van der Waals surface area contributed by atoms with Gasteiger partial charge in [-0.2, -0.15) is 4.31 Å². The third-order valence-electron chi connectivity index (χ3n) is 5.19. The van der Waals surface area contributed by atoms with Gasteiger partial charge in [0.25, 0.3) is 11.8 Å². The number of nitrogens with one attached hydrogen (secondary N) is 2. The van der Waals surface area contributed by atoms with Gasteiger partial charge in [0.05, 0.1) is 0 Å². The molecule has 1 aliphatic heterocycles. The molecule has 0 aromatic heterocycles. The summed E-state index contributed by atoms with van der Waals surface area (Å²) in [6.07, 6.45) is 3.45. The minimum absolute atomic E-state index is 0.0322. The van der Waals surface area contributed by atoms with Crippen molar-refractivity contribution in [1.82, 2.24) is 9.62 Å². The largest absolute Gasteiger partial charge is 0.349 e. The first kappa shape index (κ1) is 20.5. The Morgan fingerprint density at radius 2 is 1.57 bits per heavy atom. The molecular weight excluding hydrogens is 409 g/mol. The average molecular weight is 431 g/mol. The van der Waals surface area contributed by atoms with Crippen molar-refractivity contribution in [2.75, 3.05) is 18.4 Å². The van der Waals surface area contributed by atoms with Crippen LogP contribution >= 0.6 is 0 Å². The Kier molecular flexibility index (Phi) is 5.57. The minimum atomic E-state index is -3.98. The molecule has 2 aliphatic rings. The van der Waals surface area contributed by atoms with Crippen LogP contribution in [0.15, 0.2) is 47.4 Å². The first-order chi connectivity index (χ1) is 14.3. The number of carbonyl (C=O) groups excluding carboxylic acids is 2. The van der Waals surface area contributed by atoms with Gasteiger partial charge in [-0.05, 0) is 68.1 Å². The maximum atomic E-state index is 14.2. The number of carbonyl (C=O) groups is 2. The van der Waals surface area contributed by atoms with Gasteiger partial charge in [0, 0.05) is 35.9 Å². The lowest BCUT2D eigenvalue weighted by atomic mass is 10.1. The molecule has 4 rings (SSSR count). The van der Waals surface area contributed by atoms with Crippen LogP contribution in [0.5, 0.6) is 0 Å². The van der Waals surface area contributed by atoms with E-state index in [1.54, 1.807) is 24.3 Å². The van der Waals surface area contributed by atoms with Gasteiger partial charge < -0.3 is 10.6 Å². The molecule has 1 saturated carbocycles. The summed E-state index contributed by atoms with van der Waals surface area (Å²) in [5.41, 5.74) is 0.960. The third kappa shape index (κ3) is 4.36. The van der Waals surface area contributed by atoms with Crippen LogP contribution in [0.3, 0.4) is 0 Å². The van der Waals surface area contributed by atoms with Gasteiger partial charge in [0.1, 0.15) is 10.7 Å². The maximum absolute atomic E-state index is 14.2. The number of hydrogen-bond donors (Lipinski definition) is 2. The van der Waals surface area contributed by atoms with Crippen molar-refractivity contribution in [3.63, 3.8) is 0 Å². The van der Waals surface area contributed by atoms with Crippen molar-refractivity contribution in [3.8, 4) is 0 Å². The molecule has 0 unspecified atom stereocenters. The Balaban J connectivity index is 1.49. The molecule has 0 radical (unpaired) electrons. The van der Waals surface area contributed by atoms with Crippen LogP contribution in [0.1, 0.15) is 46.4 Å². The monoisotopic (exact) mass is 431 g/mol. The molecule has 0 spiro atoms. The molecular formula is C21H22FN3O4S. The van der Waals surface area contributed by atoms with Crippen molar-refractivity contribution in [2.45, 2.75) is 36.6 Å². The molecule has 158 valence electrons. The molecule has 0 atom stereocenters. The van der Waals surface area contributed by atoms with Gasteiger partial charge in [-0.25, -0.2) is 12.8 Å². The number of sulfonamides is 1. The van der Waals surface area contributed by atoms with E-state index in [1.165, 1.54) is 10.4 Å². The van der Waals surface area contributed by atoms with Crippen LogP contribution < -0.4 is 10.6 Å². The lowest BCUT2D eigenvalue weighted by molar-refractivity contribution is 0.0950. The number of halogens is 1. The second kappa shape index (κ2) is 8.16. The van der Waals surface area contributed by atoms with Crippen molar-refractivity contribution in [3.05, 3.63) is 59.4 Å². The fraction of sp³-hybridized carbons (Fsp3) is 0.333. The highest BCUT2D eigenvalue weighted by atomic mass is 32.2. The van der Waals surface area contributed by atoms with E-state index in [9.17, 15) is 22.4 Å². The molecule has 30 heavy (non-hydrogen) atoms. The van der Waals surface area contributed by atoms with Crippen LogP contribution in [0.2, 0.25) is 0 Å². The summed E-state index contributed by atoms with van der Waals surface area (Å²) in [6, 6.07) is 9.92. The lowest BCUT2D eigenvalue weighted by Gasteiger charge is -2.16. The van der Waals surface area contributed by atoms with Gasteiger partial charge in [0.15, 0.2) is 0 Å². The fourth-order valence-electron chi connectivity index (χ4n) is 3.31. The van der Waals surface area contributed by atoms with Gasteiger partial charge in [-0.1, -0.05) is 0 Å². The molecule has 7 nitrogen and oxygen atoms in total. The normalized spacial score (nSPS) is 17.0. The van der Waals surface area contributed by atoms with E-state index in [-0.39, 0.29) is 17.5 Å². The summed E-state index contributed by atoms with van der Waals surface area (Å²) >= 11 is 0.